The zero-order valence-corrected chi connectivity index (χ0v) is 14.5. The Hall–Kier alpha value is -2.50. The molecule has 0 aliphatic carbocycles. The van der Waals surface area contributed by atoms with Gasteiger partial charge >= 0.3 is 0 Å². The van der Waals surface area contributed by atoms with E-state index in [0.717, 1.165) is 50.6 Å². The summed E-state index contributed by atoms with van der Waals surface area (Å²) in [4.78, 5) is 4.25. The van der Waals surface area contributed by atoms with Gasteiger partial charge in [-0.1, -0.05) is 12.1 Å². The number of hydrogen-bond donors (Lipinski definition) is 2. The van der Waals surface area contributed by atoms with Gasteiger partial charge in [-0.25, -0.2) is 0 Å². The van der Waals surface area contributed by atoms with Gasteiger partial charge < -0.3 is 15.4 Å². The normalized spacial score (nSPS) is 11.3. The van der Waals surface area contributed by atoms with E-state index in [1.807, 2.05) is 29.1 Å². The first-order valence-corrected chi connectivity index (χ1v) is 8.36. The molecule has 0 saturated heterocycles. The molecule has 6 nitrogen and oxygen atoms in total. The van der Waals surface area contributed by atoms with Crippen LogP contribution in [0, 0.1) is 0 Å². The average molecular weight is 329 g/mol. The van der Waals surface area contributed by atoms with Crippen LogP contribution in [0.3, 0.4) is 0 Å². The van der Waals surface area contributed by atoms with Crippen molar-refractivity contribution in [2.75, 3.05) is 27.2 Å². The molecule has 0 amide bonds. The van der Waals surface area contributed by atoms with Crippen LogP contribution in [-0.2, 0) is 13.0 Å². The largest absolute Gasteiger partial charge is 0.497 e. The highest BCUT2D eigenvalue weighted by atomic mass is 16.5. The van der Waals surface area contributed by atoms with Crippen molar-refractivity contribution in [3.05, 3.63) is 48.3 Å². The van der Waals surface area contributed by atoms with Crippen molar-refractivity contribution in [2.24, 2.45) is 4.99 Å². The highest BCUT2D eigenvalue weighted by Crippen LogP contribution is 2.13. The first-order chi connectivity index (χ1) is 11.8. The Morgan fingerprint density at radius 2 is 2.04 bits per heavy atom. The molecular formula is C18H27N5O. The van der Waals surface area contributed by atoms with Crippen molar-refractivity contribution in [3.63, 3.8) is 0 Å². The van der Waals surface area contributed by atoms with Gasteiger partial charge in [0, 0.05) is 39.1 Å². The lowest BCUT2D eigenvalue weighted by Crippen LogP contribution is -2.38. The predicted molar refractivity (Wildman–Crippen MR) is 97.5 cm³/mol. The third kappa shape index (κ3) is 6.32. The second kappa shape index (κ2) is 10.3. The fraction of sp³-hybridized carbons (Fsp3) is 0.444. The van der Waals surface area contributed by atoms with Crippen LogP contribution in [0.2, 0.25) is 0 Å². The molecule has 0 saturated carbocycles. The number of aryl methyl sites for hydroxylation is 2. The first kappa shape index (κ1) is 17.8. The zero-order valence-electron chi connectivity index (χ0n) is 14.5. The van der Waals surface area contributed by atoms with Gasteiger partial charge in [0.05, 0.1) is 7.11 Å². The smallest absolute Gasteiger partial charge is 0.190 e. The van der Waals surface area contributed by atoms with Gasteiger partial charge in [0.25, 0.3) is 0 Å². The van der Waals surface area contributed by atoms with Crippen LogP contribution < -0.4 is 15.4 Å². The number of nitrogens with zero attached hydrogens (tertiary/aromatic N) is 3. The lowest BCUT2D eigenvalue weighted by atomic mass is 10.1. The molecule has 0 atom stereocenters. The second-order valence-electron chi connectivity index (χ2n) is 5.50. The van der Waals surface area contributed by atoms with Gasteiger partial charge in [-0.2, -0.15) is 5.10 Å². The molecule has 2 aromatic rings. The minimum Gasteiger partial charge on any atom is -0.497 e. The van der Waals surface area contributed by atoms with Gasteiger partial charge in [-0.05, 0) is 43.0 Å². The van der Waals surface area contributed by atoms with Gasteiger partial charge in [0.2, 0.25) is 0 Å². The molecule has 2 N–H and O–H groups in total. The SMILES string of the molecule is CN=C(NCCCc1cccc(OC)c1)NCCCn1cccn1. The van der Waals surface area contributed by atoms with Crippen LogP contribution >= 0.6 is 0 Å². The van der Waals surface area contributed by atoms with Crippen molar-refractivity contribution < 1.29 is 4.74 Å². The van der Waals surface area contributed by atoms with Crippen molar-refractivity contribution in [2.45, 2.75) is 25.8 Å². The Labute approximate surface area is 143 Å². The first-order valence-electron chi connectivity index (χ1n) is 8.36. The number of hydrogen-bond acceptors (Lipinski definition) is 3. The monoisotopic (exact) mass is 329 g/mol. The number of rotatable bonds is 9. The Morgan fingerprint density at radius 3 is 2.75 bits per heavy atom. The van der Waals surface area contributed by atoms with Crippen molar-refractivity contribution in [1.82, 2.24) is 20.4 Å². The van der Waals surface area contributed by atoms with Crippen LogP contribution in [0.25, 0.3) is 0 Å². The summed E-state index contributed by atoms with van der Waals surface area (Å²) in [5, 5.41) is 10.9. The Kier molecular flexibility index (Phi) is 7.67. The number of ether oxygens (including phenoxy) is 1. The van der Waals surface area contributed by atoms with Gasteiger partial charge in [0.1, 0.15) is 5.75 Å². The van der Waals surface area contributed by atoms with Gasteiger partial charge in [-0.3, -0.25) is 9.67 Å². The number of guanidine groups is 1. The van der Waals surface area contributed by atoms with Crippen LogP contribution in [0.4, 0.5) is 0 Å². The summed E-state index contributed by atoms with van der Waals surface area (Å²) in [7, 11) is 3.49. The van der Waals surface area contributed by atoms with E-state index in [2.05, 4.69) is 32.9 Å². The van der Waals surface area contributed by atoms with Gasteiger partial charge in [0.15, 0.2) is 5.96 Å². The molecule has 0 spiro atoms. The number of benzene rings is 1. The maximum absolute atomic E-state index is 5.25. The quantitative estimate of drug-likeness (QED) is 0.420. The molecule has 130 valence electrons. The molecule has 0 aliphatic heterocycles. The molecule has 0 fully saturated rings. The van der Waals surface area contributed by atoms with Crippen LogP contribution in [0.1, 0.15) is 18.4 Å². The topological polar surface area (TPSA) is 63.5 Å². The summed E-state index contributed by atoms with van der Waals surface area (Å²) in [6, 6.07) is 10.2. The molecule has 0 radical (unpaired) electrons. The lowest BCUT2D eigenvalue weighted by molar-refractivity contribution is 0.414. The zero-order chi connectivity index (χ0) is 17.0. The Balaban J connectivity index is 1.59. The fourth-order valence-electron chi connectivity index (χ4n) is 2.43. The molecule has 1 aromatic heterocycles. The maximum Gasteiger partial charge on any atom is 0.190 e. The number of methoxy groups -OCH3 is 1. The Bertz CT molecular complexity index is 610. The summed E-state index contributed by atoms with van der Waals surface area (Å²) in [6.45, 7) is 2.66. The molecule has 6 heteroatoms. The third-order valence-corrected chi connectivity index (χ3v) is 3.71. The van der Waals surface area contributed by atoms with E-state index in [1.165, 1.54) is 5.56 Å². The summed E-state index contributed by atoms with van der Waals surface area (Å²) in [5.74, 6) is 1.76. The van der Waals surface area contributed by atoms with Crippen molar-refractivity contribution in [3.8, 4) is 5.75 Å². The van der Waals surface area contributed by atoms with Crippen LogP contribution in [-0.4, -0.2) is 43.0 Å². The molecule has 1 heterocycles. The predicted octanol–water partition coefficient (Wildman–Crippen LogP) is 2.08. The van der Waals surface area contributed by atoms with E-state index in [4.69, 9.17) is 4.74 Å². The molecule has 0 unspecified atom stereocenters. The van der Waals surface area contributed by atoms with Crippen LogP contribution in [0.5, 0.6) is 5.75 Å². The van der Waals surface area contributed by atoms with Crippen LogP contribution in [0.15, 0.2) is 47.7 Å². The maximum atomic E-state index is 5.25. The summed E-state index contributed by atoms with van der Waals surface area (Å²) in [5.41, 5.74) is 1.29. The van der Waals surface area contributed by atoms with Crippen molar-refractivity contribution in [1.29, 1.82) is 0 Å². The van der Waals surface area contributed by atoms with E-state index in [9.17, 15) is 0 Å². The molecule has 0 bridgehead atoms. The fourth-order valence-corrected chi connectivity index (χ4v) is 2.43. The lowest BCUT2D eigenvalue weighted by Gasteiger charge is -2.12. The van der Waals surface area contributed by atoms with E-state index in [1.54, 1.807) is 20.4 Å². The van der Waals surface area contributed by atoms with Crippen molar-refractivity contribution >= 4 is 5.96 Å². The minimum absolute atomic E-state index is 0.848. The molecule has 1 aromatic carbocycles. The molecule has 2 rings (SSSR count). The van der Waals surface area contributed by atoms with E-state index in [0.29, 0.717) is 0 Å². The summed E-state index contributed by atoms with van der Waals surface area (Å²) < 4.78 is 7.18. The molecule has 24 heavy (non-hydrogen) atoms. The summed E-state index contributed by atoms with van der Waals surface area (Å²) in [6.07, 6.45) is 6.84. The Morgan fingerprint density at radius 1 is 1.21 bits per heavy atom. The average Bonchev–Trinajstić information content (AvgIpc) is 3.14. The van der Waals surface area contributed by atoms with E-state index >= 15 is 0 Å². The van der Waals surface area contributed by atoms with Gasteiger partial charge in [-0.15, -0.1) is 0 Å². The number of nitrogens with one attached hydrogen (secondary N) is 2. The van der Waals surface area contributed by atoms with E-state index < -0.39 is 0 Å². The highest BCUT2D eigenvalue weighted by molar-refractivity contribution is 5.79. The molecular weight excluding hydrogens is 302 g/mol. The molecule has 0 aliphatic rings. The van der Waals surface area contributed by atoms with E-state index in [-0.39, 0.29) is 0 Å². The number of aromatic nitrogens is 2. The third-order valence-electron chi connectivity index (χ3n) is 3.71. The minimum atomic E-state index is 0.848. The summed E-state index contributed by atoms with van der Waals surface area (Å²) >= 11 is 0. The number of aliphatic imine (C=N–C) groups is 1. The second-order valence-corrected chi connectivity index (χ2v) is 5.50. The highest BCUT2D eigenvalue weighted by Gasteiger charge is 1.99. The standard InChI is InChI=1S/C18H27N5O/c1-19-18(21-11-5-13-23-14-6-12-22-23)20-10-4-8-16-7-3-9-17(15-16)24-2/h3,6-7,9,12,14-15H,4-5,8,10-11,13H2,1-2H3,(H2,19,20,21).